The summed E-state index contributed by atoms with van der Waals surface area (Å²) in [5, 5.41) is 0. The molecule has 0 saturated heterocycles. The zero-order valence-electron chi connectivity index (χ0n) is 12.8. The summed E-state index contributed by atoms with van der Waals surface area (Å²) in [6.07, 6.45) is 6.89. The summed E-state index contributed by atoms with van der Waals surface area (Å²) in [6.45, 7) is 2.94. The second-order valence-electron chi connectivity index (χ2n) is 5.88. The van der Waals surface area contributed by atoms with Crippen LogP contribution in [0.3, 0.4) is 0 Å². The highest BCUT2D eigenvalue weighted by Crippen LogP contribution is 2.33. The molecule has 3 heteroatoms. The highest BCUT2D eigenvalue weighted by Gasteiger charge is 2.34. The van der Waals surface area contributed by atoms with E-state index in [9.17, 15) is 9.59 Å². The van der Waals surface area contributed by atoms with Gasteiger partial charge in [0.15, 0.2) is 0 Å². The van der Waals surface area contributed by atoms with Gasteiger partial charge in [-0.1, -0.05) is 38.0 Å². The molecule has 114 valence electrons. The first kappa shape index (κ1) is 15.7. The number of hydrogen-bond donors (Lipinski definition) is 0. The standard InChI is InChI=1S/C18H25NO2/c1-2-3-13-19(17-11-7-10-15(17)12-14-20)18(21)16-8-5-4-6-9-16/h4-6,8-9,14-15,17H,2-3,7,10-13H2,1H3/t15-,17-/m0/s1. The molecule has 0 unspecified atom stereocenters. The molecule has 1 aliphatic carbocycles. The van der Waals surface area contributed by atoms with Crippen LogP contribution in [0.2, 0.25) is 0 Å². The number of hydrogen-bond acceptors (Lipinski definition) is 2. The molecule has 1 fully saturated rings. The van der Waals surface area contributed by atoms with Gasteiger partial charge < -0.3 is 9.69 Å². The fourth-order valence-electron chi connectivity index (χ4n) is 3.32. The maximum atomic E-state index is 12.8. The minimum absolute atomic E-state index is 0.117. The van der Waals surface area contributed by atoms with Gasteiger partial charge in [-0.05, 0) is 37.3 Å². The maximum Gasteiger partial charge on any atom is 0.254 e. The SMILES string of the molecule is CCCCN(C(=O)c1ccccc1)[C@H]1CCC[C@H]1CC=O. The van der Waals surface area contributed by atoms with E-state index in [1.165, 1.54) is 0 Å². The molecule has 0 N–H and O–H groups in total. The fraction of sp³-hybridized carbons (Fsp3) is 0.556. The van der Waals surface area contributed by atoms with Crippen molar-refractivity contribution in [3.8, 4) is 0 Å². The normalized spacial score (nSPS) is 21.2. The van der Waals surface area contributed by atoms with Crippen LogP contribution >= 0.6 is 0 Å². The van der Waals surface area contributed by atoms with Crippen molar-refractivity contribution in [3.63, 3.8) is 0 Å². The lowest BCUT2D eigenvalue weighted by Crippen LogP contribution is -2.43. The highest BCUT2D eigenvalue weighted by atomic mass is 16.2. The summed E-state index contributed by atoms with van der Waals surface area (Å²) in [5.41, 5.74) is 0.755. The molecular formula is C18H25NO2. The lowest BCUT2D eigenvalue weighted by molar-refractivity contribution is -0.108. The van der Waals surface area contributed by atoms with Gasteiger partial charge in [0.05, 0.1) is 0 Å². The second-order valence-corrected chi connectivity index (χ2v) is 5.88. The zero-order chi connectivity index (χ0) is 15.1. The Hall–Kier alpha value is -1.64. The molecule has 0 aliphatic heterocycles. The minimum Gasteiger partial charge on any atom is -0.335 e. The van der Waals surface area contributed by atoms with Crippen LogP contribution in [0.15, 0.2) is 30.3 Å². The first-order chi connectivity index (χ1) is 10.3. The molecule has 0 spiro atoms. The molecule has 2 atom stereocenters. The van der Waals surface area contributed by atoms with Crippen molar-refractivity contribution in [2.24, 2.45) is 5.92 Å². The van der Waals surface area contributed by atoms with Crippen LogP contribution in [0.4, 0.5) is 0 Å². The van der Waals surface area contributed by atoms with Gasteiger partial charge in [-0.2, -0.15) is 0 Å². The summed E-state index contributed by atoms with van der Waals surface area (Å²) in [5.74, 6) is 0.457. The Balaban J connectivity index is 2.17. The summed E-state index contributed by atoms with van der Waals surface area (Å²) < 4.78 is 0. The number of aldehydes is 1. The average molecular weight is 287 g/mol. The van der Waals surface area contributed by atoms with Crippen molar-refractivity contribution >= 4 is 12.2 Å². The fourth-order valence-corrected chi connectivity index (χ4v) is 3.32. The molecule has 1 aromatic carbocycles. The Labute approximate surface area is 127 Å². The number of carbonyl (C=O) groups is 2. The van der Waals surface area contributed by atoms with Crippen molar-refractivity contribution in [2.75, 3.05) is 6.54 Å². The van der Waals surface area contributed by atoms with E-state index >= 15 is 0 Å². The zero-order valence-corrected chi connectivity index (χ0v) is 12.8. The molecule has 0 heterocycles. The van der Waals surface area contributed by atoms with Crippen LogP contribution in [0.1, 0.15) is 55.8 Å². The third-order valence-corrected chi connectivity index (χ3v) is 4.45. The van der Waals surface area contributed by atoms with Crippen LogP contribution in [-0.4, -0.2) is 29.7 Å². The first-order valence-electron chi connectivity index (χ1n) is 8.07. The van der Waals surface area contributed by atoms with Crippen LogP contribution in [0.5, 0.6) is 0 Å². The number of nitrogens with zero attached hydrogens (tertiary/aromatic N) is 1. The molecule has 2 rings (SSSR count). The third-order valence-electron chi connectivity index (χ3n) is 4.45. The summed E-state index contributed by atoms with van der Waals surface area (Å²) in [4.78, 5) is 25.7. The van der Waals surface area contributed by atoms with E-state index in [2.05, 4.69) is 6.92 Å². The molecule has 3 nitrogen and oxygen atoms in total. The van der Waals surface area contributed by atoms with Gasteiger partial charge in [0.2, 0.25) is 0 Å². The van der Waals surface area contributed by atoms with E-state index in [1.54, 1.807) is 0 Å². The van der Waals surface area contributed by atoms with Crippen molar-refractivity contribution in [2.45, 2.75) is 51.5 Å². The Bertz CT molecular complexity index is 458. The molecule has 0 aromatic heterocycles. The van der Waals surface area contributed by atoms with E-state index < -0.39 is 0 Å². The van der Waals surface area contributed by atoms with Gasteiger partial charge in [0.25, 0.3) is 5.91 Å². The van der Waals surface area contributed by atoms with E-state index in [0.717, 1.165) is 50.5 Å². The lowest BCUT2D eigenvalue weighted by atomic mass is 9.97. The predicted molar refractivity (Wildman–Crippen MR) is 84.2 cm³/mol. The lowest BCUT2D eigenvalue weighted by Gasteiger charge is -2.33. The van der Waals surface area contributed by atoms with E-state index in [0.29, 0.717) is 12.3 Å². The molecule has 1 amide bonds. The molecular weight excluding hydrogens is 262 g/mol. The maximum absolute atomic E-state index is 12.8. The van der Waals surface area contributed by atoms with Crippen molar-refractivity contribution in [1.82, 2.24) is 4.90 Å². The monoisotopic (exact) mass is 287 g/mol. The van der Waals surface area contributed by atoms with Crippen LogP contribution < -0.4 is 0 Å². The van der Waals surface area contributed by atoms with E-state index in [-0.39, 0.29) is 11.9 Å². The number of rotatable bonds is 7. The van der Waals surface area contributed by atoms with E-state index in [4.69, 9.17) is 0 Å². The minimum atomic E-state index is 0.117. The summed E-state index contributed by atoms with van der Waals surface area (Å²) >= 11 is 0. The average Bonchev–Trinajstić information content (AvgIpc) is 2.97. The molecule has 1 aromatic rings. The number of unbranched alkanes of at least 4 members (excludes halogenated alkanes) is 1. The molecule has 0 bridgehead atoms. The quantitative estimate of drug-likeness (QED) is 0.717. The highest BCUT2D eigenvalue weighted by molar-refractivity contribution is 5.94. The summed E-state index contributed by atoms with van der Waals surface area (Å²) in [7, 11) is 0. The van der Waals surface area contributed by atoms with Crippen LogP contribution in [0.25, 0.3) is 0 Å². The topological polar surface area (TPSA) is 37.4 Å². The second kappa shape index (κ2) is 7.96. The van der Waals surface area contributed by atoms with Crippen molar-refractivity contribution < 1.29 is 9.59 Å². The van der Waals surface area contributed by atoms with Crippen molar-refractivity contribution in [3.05, 3.63) is 35.9 Å². The molecule has 1 aliphatic rings. The van der Waals surface area contributed by atoms with Gasteiger partial charge in [0, 0.05) is 24.6 Å². The van der Waals surface area contributed by atoms with Gasteiger partial charge in [0.1, 0.15) is 6.29 Å². The third kappa shape index (κ3) is 3.93. The molecule has 1 saturated carbocycles. The summed E-state index contributed by atoms with van der Waals surface area (Å²) in [6, 6.07) is 9.73. The van der Waals surface area contributed by atoms with Gasteiger partial charge in [-0.3, -0.25) is 4.79 Å². The molecule has 21 heavy (non-hydrogen) atoms. The Morgan fingerprint density at radius 3 is 2.71 bits per heavy atom. The molecule has 0 radical (unpaired) electrons. The Morgan fingerprint density at radius 1 is 1.29 bits per heavy atom. The first-order valence-corrected chi connectivity index (χ1v) is 8.07. The predicted octanol–water partition coefficient (Wildman–Crippen LogP) is 3.69. The smallest absolute Gasteiger partial charge is 0.254 e. The van der Waals surface area contributed by atoms with Gasteiger partial charge >= 0.3 is 0 Å². The number of carbonyl (C=O) groups excluding carboxylic acids is 2. The number of amides is 1. The number of benzene rings is 1. The van der Waals surface area contributed by atoms with E-state index in [1.807, 2.05) is 35.2 Å². The largest absolute Gasteiger partial charge is 0.335 e. The van der Waals surface area contributed by atoms with Gasteiger partial charge in [-0.25, -0.2) is 0 Å². The van der Waals surface area contributed by atoms with Crippen molar-refractivity contribution in [1.29, 1.82) is 0 Å². The van der Waals surface area contributed by atoms with Crippen LogP contribution in [0, 0.1) is 5.92 Å². The Morgan fingerprint density at radius 2 is 2.05 bits per heavy atom. The Kier molecular flexibility index (Phi) is 5.97. The van der Waals surface area contributed by atoms with Gasteiger partial charge in [-0.15, -0.1) is 0 Å². The van der Waals surface area contributed by atoms with Crippen LogP contribution in [-0.2, 0) is 4.79 Å².